The summed E-state index contributed by atoms with van der Waals surface area (Å²) in [5.74, 6) is 2.13. The number of methoxy groups -OCH3 is 1. The van der Waals surface area contributed by atoms with E-state index in [-0.39, 0.29) is 6.10 Å². The molecule has 0 bridgehead atoms. The first-order valence-electron chi connectivity index (χ1n) is 8.52. The number of nitrogens with zero attached hydrogens (tertiary/aromatic N) is 1. The van der Waals surface area contributed by atoms with Crippen LogP contribution in [-0.4, -0.2) is 31.3 Å². The van der Waals surface area contributed by atoms with Gasteiger partial charge in [-0.2, -0.15) is 0 Å². The van der Waals surface area contributed by atoms with Gasteiger partial charge in [-0.1, -0.05) is 26.8 Å². The van der Waals surface area contributed by atoms with Crippen molar-refractivity contribution in [1.29, 1.82) is 0 Å². The number of aromatic nitrogens is 1. The van der Waals surface area contributed by atoms with Crippen LogP contribution in [0.2, 0.25) is 0 Å². The number of nitrogens with two attached hydrogens (primary N) is 1. The van der Waals surface area contributed by atoms with Crippen molar-refractivity contribution in [2.45, 2.75) is 33.3 Å². The largest absolute Gasteiger partial charge is 0.496 e. The second kappa shape index (κ2) is 8.55. The molecule has 2 aromatic rings. The van der Waals surface area contributed by atoms with Crippen molar-refractivity contribution >= 4 is 5.82 Å². The van der Waals surface area contributed by atoms with E-state index in [4.69, 9.17) is 15.2 Å². The van der Waals surface area contributed by atoms with Gasteiger partial charge >= 0.3 is 0 Å². The van der Waals surface area contributed by atoms with Crippen LogP contribution in [0.15, 0.2) is 30.3 Å². The molecule has 5 nitrogen and oxygen atoms in total. The SMILES string of the molecule is CC.CCc1cc(-c2cccc(N)n2)c(OC)cc1OC1CNC1. The quantitative estimate of drug-likeness (QED) is 0.881. The Bertz CT molecular complexity index is 670. The van der Waals surface area contributed by atoms with Gasteiger partial charge in [0, 0.05) is 24.7 Å². The maximum Gasteiger partial charge on any atom is 0.131 e. The molecule has 1 aliphatic rings. The number of anilines is 1. The van der Waals surface area contributed by atoms with Crippen molar-refractivity contribution < 1.29 is 9.47 Å². The summed E-state index contributed by atoms with van der Waals surface area (Å²) in [6.45, 7) is 7.90. The van der Waals surface area contributed by atoms with Gasteiger partial charge in [-0.25, -0.2) is 4.98 Å². The molecule has 2 heterocycles. The van der Waals surface area contributed by atoms with E-state index in [1.165, 1.54) is 0 Å². The summed E-state index contributed by atoms with van der Waals surface area (Å²) < 4.78 is 11.6. The smallest absolute Gasteiger partial charge is 0.131 e. The zero-order chi connectivity index (χ0) is 17.5. The molecule has 1 saturated heterocycles. The molecule has 1 aromatic heterocycles. The third kappa shape index (κ3) is 3.97. The van der Waals surface area contributed by atoms with Gasteiger partial charge in [0.1, 0.15) is 23.4 Å². The van der Waals surface area contributed by atoms with Gasteiger partial charge < -0.3 is 20.5 Å². The standard InChI is InChI=1S/C17H21N3O2.C2H6/c1-3-11-7-13(14-5-4-6-17(18)20-14)16(21-2)8-15(11)22-12-9-19-10-12;1-2/h4-8,12,19H,3,9-10H2,1-2H3,(H2,18,20);1-2H3. The Labute approximate surface area is 144 Å². The third-order valence-corrected chi connectivity index (χ3v) is 3.85. The van der Waals surface area contributed by atoms with Gasteiger partial charge in [0.25, 0.3) is 0 Å². The fourth-order valence-corrected chi connectivity index (χ4v) is 2.49. The summed E-state index contributed by atoms with van der Waals surface area (Å²) in [5, 5.41) is 3.21. The molecule has 130 valence electrons. The summed E-state index contributed by atoms with van der Waals surface area (Å²) in [6.07, 6.45) is 1.13. The van der Waals surface area contributed by atoms with E-state index < -0.39 is 0 Å². The van der Waals surface area contributed by atoms with E-state index in [1.54, 1.807) is 13.2 Å². The van der Waals surface area contributed by atoms with Crippen molar-refractivity contribution in [3.8, 4) is 22.8 Å². The number of aryl methyl sites for hydroxylation is 1. The molecule has 0 aliphatic carbocycles. The van der Waals surface area contributed by atoms with Crippen LogP contribution in [0.5, 0.6) is 11.5 Å². The van der Waals surface area contributed by atoms with Crippen LogP contribution in [0.4, 0.5) is 5.82 Å². The summed E-state index contributed by atoms with van der Waals surface area (Å²) in [5.41, 5.74) is 8.69. The average molecular weight is 329 g/mol. The number of nitrogen functional groups attached to an aromatic ring is 1. The Morgan fingerprint density at radius 3 is 2.50 bits per heavy atom. The molecule has 1 aliphatic heterocycles. The molecule has 0 atom stereocenters. The van der Waals surface area contributed by atoms with Crippen molar-refractivity contribution in [1.82, 2.24) is 10.3 Å². The second-order valence-corrected chi connectivity index (χ2v) is 5.36. The number of hydrogen-bond donors (Lipinski definition) is 2. The predicted molar refractivity (Wildman–Crippen MR) is 98.6 cm³/mol. The van der Waals surface area contributed by atoms with Gasteiger partial charge in [0.2, 0.25) is 0 Å². The molecule has 3 N–H and O–H groups in total. The highest BCUT2D eigenvalue weighted by Gasteiger charge is 2.21. The number of pyridine rings is 1. The van der Waals surface area contributed by atoms with Crippen LogP contribution < -0.4 is 20.5 Å². The first kappa shape index (κ1) is 18.1. The fourth-order valence-electron chi connectivity index (χ4n) is 2.49. The lowest BCUT2D eigenvalue weighted by atomic mass is 10.0. The lowest BCUT2D eigenvalue weighted by Gasteiger charge is -2.29. The average Bonchev–Trinajstić information content (AvgIpc) is 2.59. The van der Waals surface area contributed by atoms with Crippen molar-refractivity contribution in [3.63, 3.8) is 0 Å². The van der Waals surface area contributed by atoms with Crippen molar-refractivity contribution in [2.24, 2.45) is 0 Å². The van der Waals surface area contributed by atoms with Gasteiger partial charge in [-0.3, -0.25) is 0 Å². The van der Waals surface area contributed by atoms with Crippen molar-refractivity contribution in [3.05, 3.63) is 35.9 Å². The Kier molecular flexibility index (Phi) is 6.44. The number of ether oxygens (including phenoxy) is 2. The zero-order valence-electron chi connectivity index (χ0n) is 14.9. The monoisotopic (exact) mass is 329 g/mol. The van der Waals surface area contributed by atoms with Crippen LogP contribution in [-0.2, 0) is 6.42 Å². The molecule has 0 radical (unpaired) electrons. The van der Waals surface area contributed by atoms with E-state index in [2.05, 4.69) is 23.3 Å². The Hall–Kier alpha value is -2.27. The first-order valence-corrected chi connectivity index (χ1v) is 8.52. The van der Waals surface area contributed by atoms with Gasteiger partial charge in [-0.05, 0) is 30.2 Å². The van der Waals surface area contributed by atoms with E-state index in [9.17, 15) is 0 Å². The predicted octanol–water partition coefficient (Wildman–Crippen LogP) is 3.28. The maximum absolute atomic E-state index is 6.04. The third-order valence-electron chi connectivity index (χ3n) is 3.85. The molecule has 0 spiro atoms. The molecule has 5 heteroatoms. The van der Waals surface area contributed by atoms with Crippen molar-refractivity contribution in [2.75, 3.05) is 25.9 Å². The summed E-state index contributed by atoms with van der Waals surface area (Å²) in [6, 6.07) is 9.65. The Morgan fingerprint density at radius 2 is 1.96 bits per heavy atom. The molecule has 1 aromatic carbocycles. The number of rotatable bonds is 5. The fraction of sp³-hybridized carbons (Fsp3) is 0.421. The number of nitrogens with one attached hydrogen (secondary N) is 1. The molecule has 0 saturated carbocycles. The minimum Gasteiger partial charge on any atom is -0.496 e. The molecular weight excluding hydrogens is 302 g/mol. The first-order chi connectivity index (χ1) is 11.7. The van der Waals surface area contributed by atoms with Gasteiger partial charge in [0.05, 0.1) is 12.8 Å². The normalized spacial score (nSPS) is 13.5. The van der Waals surface area contributed by atoms with E-state index >= 15 is 0 Å². The second-order valence-electron chi connectivity index (χ2n) is 5.36. The highest BCUT2D eigenvalue weighted by molar-refractivity contribution is 5.71. The minimum atomic E-state index is 0.242. The van der Waals surface area contributed by atoms with Crippen LogP contribution in [0.3, 0.4) is 0 Å². The minimum absolute atomic E-state index is 0.242. The summed E-state index contributed by atoms with van der Waals surface area (Å²) in [4.78, 5) is 4.39. The summed E-state index contributed by atoms with van der Waals surface area (Å²) >= 11 is 0. The van der Waals surface area contributed by atoms with Gasteiger partial charge in [-0.15, -0.1) is 0 Å². The molecule has 1 fully saturated rings. The van der Waals surface area contributed by atoms with Crippen LogP contribution in [0, 0.1) is 0 Å². The molecule has 3 rings (SSSR count). The zero-order valence-corrected chi connectivity index (χ0v) is 14.9. The van der Waals surface area contributed by atoms with Crippen LogP contribution in [0.25, 0.3) is 11.3 Å². The molecule has 24 heavy (non-hydrogen) atoms. The van der Waals surface area contributed by atoms with E-state index in [0.29, 0.717) is 5.82 Å². The van der Waals surface area contributed by atoms with Crippen LogP contribution >= 0.6 is 0 Å². The maximum atomic E-state index is 6.04. The topological polar surface area (TPSA) is 69.4 Å². The van der Waals surface area contributed by atoms with E-state index in [1.807, 2.05) is 32.0 Å². The van der Waals surface area contributed by atoms with E-state index in [0.717, 1.165) is 47.8 Å². The summed E-state index contributed by atoms with van der Waals surface area (Å²) in [7, 11) is 1.66. The lowest BCUT2D eigenvalue weighted by Crippen LogP contribution is -2.50. The highest BCUT2D eigenvalue weighted by atomic mass is 16.5. The lowest BCUT2D eigenvalue weighted by molar-refractivity contribution is 0.140. The highest BCUT2D eigenvalue weighted by Crippen LogP contribution is 2.36. The Morgan fingerprint density at radius 1 is 1.21 bits per heavy atom. The number of benzene rings is 1. The number of hydrogen-bond acceptors (Lipinski definition) is 5. The van der Waals surface area contributed by atoms with Gasteiger partial charge in [0.15, 0.2) is 0 Å². The molecule has 0 unspecified atom stereocenters. The molecule has 0 amide bonds. The molecular formula is C19H27N3O2. The van der Waals surface area contributed by atoms with Crippen LogP contribution in [0.1, 0.15) is 26.3 Å². The Balaban J connectivity index is 0.00000100.